The average Bonchev–Trinajstić information content (AvgIpc) is 3.29. The fourth-order valence-electron chi connectivity index (χ4n) is 4.26. The van der Waals surface area contributed by atoms with Crippen molar-refractivity contribution >= 4 is 11.8 Å². The topological polar surface area (TPSA) is 52.7 Å². The normalized spacial score (nSPS) is 29.8. The SMILES string of the molecule is O=C(C1CCCN1C(=O)c1ccccc1)N1C[C@H]2CNC[C@H]2C1. The van der Waals surface area contributed by atoms with E-state index in [1.165, 1.54) is 0 Å². The zero-order valence-electron chi connectivity index (χ0n) is 13.3. The second kappa shape index (κ2) is 5.96. The Labute approximate surface area is 136 Å². The smallest absolute Gasteiger partial charge is 0.254 e. The molecule has 5 nitrogen and oxygen atoms in total. The van der Waals surface area contributed by atoms with Gasteiger partial charge >= 0.3 is 0 Å². The van der Waals surface area contributed by atoms with E-state index in [4.69, 9.17) is 0 Å². The van der Waals surface area contributed by atoms with Gasteiger partial charge in [0.1, 0.15) is 6.04 Å². The number of fused-ring (bicyclic) bond motifs is 1. The van der Waals surface area contributed by atoms with Crippen molar-refractivity contribution in [1.29, 1.82) is 0 Å². The van der Waals surface area contributed by atoms with E-state index in [2.05, 4.69) is 5.32 Å². The van der Waals surface area contributed by atoms with Gasteiger partial charge in [-0.05, 0) is 36.8 Å². The van der Waals surface area contributed by atoms with Crippen LogP contribution in [0, 0.1) is 11.8 Å². The van der Waals surface area contributed by atoms with Crippen LogP contribution in [0.5, 0.6) is 0 Å². The van der Waals surface area contributed by atoms with E-state index in [9.17, 15) is 9.59 Å². The molecule has 0 bridgehead atoms. The number of nitrogens with zero attached hydrogens (tertiary/aromatic N) is 2. The summed E-state index contributed by atoms with van der Waals surface area (Å²) < 4.78 is 0. The van der Waals surface area contributed by atoms with E-state index in [0.29, 0.717) is 23.9 Å². The molecule has 3 aliphatic heterocycles. The van der Waals surface area contributed by atoms with E-state index in [1.807, 2.05) is 35.2 Å². The van der Waals surface area contributed by atoms with Crippen LogP contribution in [-0.4, -0.2) is 60.4 Å². The van der Waals surface area contributed by atoms with Crippen molar-refractivity contribution < 1.29 is 9.59 Å². The number of rotatable bonds is 2. The third-order valence-corrected chi connectivity index (χ3v) is 5.52. The summed E-state index contributed by atoms with van der Waals surface area (Å²) in [7, 11) is 0. The van der Waals surface area contributed by atoms with Crippen LogP contribution in [0.2, 0.25) is 0 Å². The molecule has 3 fully saturated rings. The van der Waals surface area contributed by atoms with Crippen molar-refractivity contribution in [3.05, 3.63) is 35.9 Å². The Morgan fingerprint density at radius 3 is 2.43 bits per heavy atom. The largest absolute Gasteiger partial charge is 0.340 e. The van der Waals surface area contributed by atoms with E-state index >= 15 is 0 Å². The molecule has 0 aromatic heterocycles. The molecule has 1 aromatic rings. The molecule has 1 N–H and O–H groups in total. The van der Waals surface area contributed by atoms with Gasteiger partial charge < -0.3 is 15.1 Å². The second-order valence-corrected chi connectivity index (χ2v) is 6.94. The zero-order chi connectivity index (χ0) is 15.8. The van der Waals surface area contributed by atoms with Crippen LogP contribution in [0.25, 0.3) is 0 Å². The third-order valence-electron chi connectivity index (χ3n) is 5.52. The predicted molar refractivity (Wildman–Crippen MR) is 86.9 cm³/mol. The molecule has 3 heterocycles. The first-order valence-electron chi connectivity index (χ1n) is 8.59. The summed E-state index contributed by atoms with van der Waals surface area (Å²) >= 11 is 0. The fraction of sp³-hybridized carbons (Fsp3) is 0.556. The Bertz CT molecular complexity index is 592. The fourth-order valence-corrected chi connectivity index (χ4v) is 4.26. The first-order chi connectivity index (χ1) is 11.2. The zero-order valence-corrected chi connectivity index (χ0v) is 13.3. The van der Waals surface area contributed by atoms with Crippen molar-refractivity contribution in [2.45, 2.75) is 18.9 Å². The molecule has 5 heteroatoms. The lowest BCUT2D eigenvalue weighted by molar-refractivity contribution is -0.134. The minimum Gasteiger partial charge on any atom is -0.340 e. The van der Waals surface area contributed by atoms with Gasteiger partial charge in [-0.3, -0.25) is 9.59 Å². The lowest BCUT2D eigenvalue weighted by atomic mass is 10.0. The van der Waals surface area contributed by atoms with Crippen LogP contribution in [0.3, 0.4) is 0 Å². The summed E-state index contributed by atoms with van der Waals surface area (Å²) in [5.74, 6) is 1.33. The summed E-state index contributed by atoms with van der Waals surface area (Å²) in [5.41, 5.74) is 0.676. The number of carbonyl (C=O) groups is 2. The molecule has 4 rings (SSSR count). The summed E-state index contributed by atoms with van der Waals surface area (Å²) in [5, 5.41) is 3.40. The number of benzene rings is 1. The molecule has 0 spiro atoms. The molecule has 0 radical (unpaired) electrons. The van der Waals surface area contributed by atoms with Gasteiger partial charge in [-0.15, -0.1) is 0 Å². The van der Waals surface area contributed by atoms with Gasteiger partial charge in [0.25, 0.3) is 5.91 Å². The standard InChI is InChI=1S/C18H23N3O2/c22-17(13-5-2-1-3-6-13)21-8-4-7-16(21)18(23)20-11-14-9-19-10-15(14)12-20/h1-3,5-6,14-16,19H,4,7-12H2/t14-,15+,16?. The monoisotopic (exact) mass is 313 g/mol. The highest BCUT2D eigenvalue weighted by atomic mass is 16.2. The maximum atomic E-state index is 12.9. The van der Waals surface area contributed by atoms with Gasteiger partial charge in [0.05, 0.1) is 0 Å². The molecular formula is C18H23N3O2. The maximum absolute atomic E-state index is 12.9. The van der Waals surface area contributed by atoms with E-state index < -0.39 is 0 Å². The van der Waals surface area contributed by atoms with Crippen molar-refractivity contribution in [3.8, 4) is 0 Å². The molecule has 1 aromatic carbocycles. The number of hydrogen-bond donors (Lipinski definition) is 1. The van der Waals surface area contributed by atoms with Crippen LogP contribution in [0.4, 0.5) is 0 Å². The molecule has 23 heavy (non-hydrogen) atoms. The van der Waals surface area contributed by atoms with Crippen LogP contribution >= 0.6 is 0 Å². The minimum atomic E-state index is -0.269. The highest BCUT2D eigenvalue weighted by Gasteiger charge is 2.43. The van der Waals surface area contributed by atoms with Gasteiger partial charge in [0.2, 0.25) is 5.91 Å². The molecule has 3 saturated heterocycles. The van der Waals surface area contributed by atoms with Crippen LogP contribution in [-0.2, 0) is 4.79 Å². The molecule has 0 saturated carbocycles. The van der Waals surface area contributed by atoms with E-state index in [-0.39, 0.29) is 17.9 Å². The minimum absolute atomic E-state index is 0.0116. The highest BCUT2D eigenvalue weighted by Crippen LogP contribution is 2.29. The van der Waals surface area contributed by atoms with E-state index in [0.717, 1.165) is 39.0 Å². The predicted octanol–water partition coefficient (Wildman–Crippen LogP) is 0.969. The van der Waals surface area contributed by atoms with Crippen LogP contribution in [0.1, 0.15) is 23.2 Å². The number of amides is 2. The molecule has 0 aliphatic carbocycles. The molecule has 2 amide bonds. The quantitative estimate of drug-likeness (QED) is 0.885. The number of likely N-dealkylation sites (tertiary alicyclic amines) is 2. The summed E-state index contributed by atoms with van der Waals surface area (Å²) in [6.45, 7) is 4.42. The van der Waals surface area contributed by atoms with Crippen molar-refractivity contribution in [1.82, 2.24) is 15.1 Å². The number of nitrogens with one attached hydrogen (secondary N) is 1. The molecular weight excluding hydrogens is 290 g/mol. The first-order valence-corrected chi connectivity index (χ1v) is 8.59. The van der Waals surface area contributed by atoms with Crippen LogP contribution < -0.4 is 5.32 Å². The number of carbonyl (C=O) groups excluding carboxylic acids is 2. The molecule has 3 atom stereocenters. The van der Waals surface area contributed by atoms with Gasteiger partial charge in [0.15, 0.2) is 0 Å². The Morgan fingerprint density at radius 1 is 1.04 bits per heavy atom. The summed E-state index contributed by atoms with van der Waals surface area (Å²) in [4.78, 5) is 29.4. The Morgan fingerprint density at radius 2 is 1.74 bits per heavy atom. The first kappa shape index (κ1) is 14.7. The van der Waals surface area contributed by atoms with Crippen molar-refractivity contribution in [3.63, 3.8) is 0 Å². The van der Waals surface area contributed by atoms with E-state index in [1.54, 1.807) is 4.90 Å². The van der Waals surface area contributed by atoms with Gasteiger partial charge in [0, 0.05) is 38.3 Å². The van der Waals surface area contributed by atoms with Crippen molar-refractivity contribution in [2.24, 2.45) is 11.8 Å². The summed E-state index contributed by atoms with van der Waals surface area (Å²) in [6.07, 6.45) is 1.71. The van der Waals surface area contributed by atoms with Gasteiger partial charge in [-0.1, -0.05) is 18.2 Å². The molecule has 122 valence electrons. The Kier molecular flexibility index (Phi) is 3.81. The molecule has 1 unspecified atom stereocenters. The van der Waals surface area contributed by atoms with Gasteiger partial charge in [-0.25, -0.2) is 0 Å². The maximum Gasteiger partial charge on any atom is 0.254 e. The Hall–Kier alpha value is -1.88. The van der Waals surface area contributed by atoms with Gasteiger partial charge in [-0.2, -0.15) is 0 Å². The summed E-state index contributed by atoms with van der Waals surface area (Å²) in [6, 6.07) is 9.03. The number of hydrogen-bond acceptors (Lipinski definition) is 3. The Balaban J connectivity index is 1.47. The highest BCUT2D eigenvalue weighted by molar-refractivity contribution is 5.98. The third kappa shape index (κ3) is 2.63. The molecule has 3 aliphatic rings. The van der Waals surface area contributed by atoms with Crippen LogP contribution in [0.15, 0.2) is 30.3 Å². The lowest BCUT2D eigenvalue weighted by Gasteiger charge is -2.28. The second-order valence-electron chi connectivity index (χ2n) is 6.94. The lowest BCUT2D eigenvalue weighted by Crippen LogP contribution is -2.47. The average molecular weight is 313 g/mol. The van der Waals surface area contributed by atoms with Crippen molar-refractivity contribution in [2.75, 3.05) is 32.7 Å².